The van der Waals surface area contributed by atoms with Crippen LogP contribution in [0.25, 0.3) is 0 Å². The van der Waals surface area contributed by atoms with Gasteiger partial charge < -0.3 is 18.9 Å². The maximum atomic E-state index is 13.1. The van der Waals surface area contributed by atoms with Crippen molar-refractivity contribution in [3.8, 4) is 5.75 Å². The van der Waals surface area contributed by atoms with Crippen LogP contribution in [0, 0.1) is 5.92 Å². The van der Waals surface area contributed by atoms with Crippen LogP contribution in [0.15, 0.2) is 35.1 Å². The van der Waals surface area contributed by atoms with Gasteiger partial charge in [-0.15, -0.1) is 0 Å². The molecular formula is C28H39N3O4. The zero-order valence-corrected chi connectivity index (χ0v) is 21.6. The minimum Gasteiger partial charge on any atom is -0.492 e. The van der Waals surface area contributed by atoms with Gasteiger partial charge in [0.1, 0.15) is 11.3 Å². The number of likely N-dealkylation sites (tertiary alicyclic amines) is 1. The van der Waals surface area contributed by atoms with Crippen LogP contribution in [-0.4, -0.2) is 67.3 Å². The third kappa shape index (κ3) is 6.14. The molecule has 7 heteroatoms. The minimum atomic E-state index is -0.442. The van der Waals surface area contributed by atoms with Gasteiger partial charge in [-0.3, -0.25) is 9.69 Å². The van der Waals surface area contributed by atoms with Gasteiger partial charge in [0.25, 0.3) is 5.56 Å². The molecule has 35 heavy (non-hydrogen) atoms. The van der Waals surface area contributed by atoms with Gasteiger partial charge in [-0.25, -0.2) is 4.79 Å². The third-order valence-electron chi connectivity index (χ3n) is 7.32. The normalized spacial score (nSPS) is 19.3. The van der Waals surface area contributed by atoms with Crippen molar-refractivity contribution in [1.82, 2.24) is 14.4 Å². The zero-order chi connectivity index (χ0) is 24.9. The second kappa shape index (κ2) is 11.4. The molecule has 1 fully saturated rings. The minimum absolute atomic E-state index is 0.119. The number of pyridine rings is 1. The predicted molar refractivity (Wildman–Crippen MR) is 137 cm³/mol. The van der Waals surface area contributed by atoms with Crippen molar-refractivity contribution in [1.29, 1.82) is 0 Å². The summed E-state index contributed by atoms with van der Waals surface area (Å²) in [5.41, 5.74) is 3.59. The highest BCUT2D eigenvalue weighted by molar-refractivity contribution is 5.93. The summed E-state index contributed by atoms with van der Waals surface area (Å²) in [6, 6.07) is 10.2. The van der Waals surface area contributed by atoms with Crippen LogP contribution in [0.5, 0.6) is 5.75 Å². The van der Waals surface area contributed by atoms with Gasteiger partial charge in [-0.1, -0.05) is 38.1 Å². The quantitative estimate of drug-likeness (QED) is 0.564. The predicted octanol–water partition coefficient (Wildman–Crippen LogP) is 3.54. The molecule has 0 N–H and O–H groups in total. The van der Waals surface area contributed by atoms with E-state index in [1.54, 1.807) is 4.57 Å². The van der Waals surface area contributed by atoms with E-state index in [0.29, 0.717) is 42.7 Å². The van der Waals surface area contributed by atoms with E-state index in [1.807, 2.05) is 0 Å². The average molecular weight is 482 g/mol. The fourth-order valence-corrected chi connectivity index (χ4v) is 5.27. The van der Waals surface area contributed by atoms with Crippen molar-refractivity contribution < 1.29 is 14.3 Å². The molecule has 1 saturated heterocycles. The van der Waals surface area contributed by atoms with Crippen molar-refractivity contribution >= 4 is 5.97 Å². The number of ether oxygens (including phenoxy) is 2. The molecule has 0 spiro atoms. The summed E-state index contributed by atoms with van der Waals surface area (Å²) >= 11 is 0. The lowest BCUT2D eigenvalue weighted by atomic mass is 9.99. The molecule has 0 bridgehead atoms. The number of rotatable bonds is 7. The molecule has 0 radical (unpaired) electrons. The number of benzene rings is 1. The van der Waals surface area contributed by atoms with E-state index in [1.165, 1.54) is 24.3 Å². The molecule has 4 rings (SSSR count). The number of carbonyl (C=O) groups excluding carboxylic acids is 1. The number of esters is 1. The summed E-state index contributed by atoms with van der Waals surface area (Å²) < 4.78 is 13.0. The number of piperidine rings is 1. The van der Waals surface area contributed by atoms with Gasteiger partial charge in [0, 0.05) is 56.8 Å². The number of fused-ring (bicyclic) bond motifs is 1. The number of methoxy groups -OCH3 is 1. The van der Waals surface area contributed by atoms with Crippen molar-refractivity contribution in [3.63, 3.8) is 0 Å². The van der Waals surface area contributed by atoms with E-state index >= 15 is 0 Å². The van der Waals surface area contributed by atoms with Crippen LogP contribution < -0.4 is 10.3 Å². The largest absolute Gasteiger partial charge is 0.492 e. The highest BCUT2D eigenvalue weighted by Crippen LogP contribution is 2.26. The smallest absolute Gasteiger partial charge is 0.343 e. The van der Waals surface area contributed by atoms with Crippen LogP contribution in [0.2, 0.25) is 0 Å². The molecule has 7 nitrogen and oxygen atoms in total. The summed E-state index contributed by atoms with van der Waals surface area (Å²) in [4.78, 5) is 30.6. The Balaban J connectivity index is 1.52. The second-order valence-electron chi connectivity index (χ2n) is 10.3. The van der Waals surface area contributed by atoms with Crippen molar-refractivity contribution in [2.75, 3.05) is 46.9 Å². The Kier molecular flexibility index (Phi) is 8.29. The fraction of sp³-hybridized carbons (Fsp3) is 0.571. The van der Waals surface area contributed by atoms with E-state index in [4.69, 9.17) is 9.47 Å². The Labute approximate surface area is 208 Å². The fourth-order valence-electron chi connectivity index (χ4n) is 5.27. The first-order valence-corrected chi connectivity index (χ1v) is 12.8. The molecular weight excluding hydrogens is 442 g/mol. The molecule has 1 aromatic heterocycles. The maximum Gasteiger partial charge on any atom is 0.343 e. The highest BCUT2D eigenvalue weighted by atomic mass is 16.5. The molecule has 190 valence electrons. The SMILES string of the molecule is COC(=O)c1c(OCC2CCCN(C)C2)cc(=O)n2c1CCN(Cc1ccc(C(C)C)cc1)CC2. The maximum absolute atomic E-state index is 13.1. The van der Waals surface area contributed by atoms with Gasteiger partial charge in [0.05, 0.1) is 13.7 Å². The zero-order valence-electron chi connectivity index (χ0n) is 21.6. The lowest BCUT2D eigenvalue weighted by Crippen LogP contribution is -2.35. The molecule has 0 aliphatic carbocycles. The summed E-state index contributed by atoms with van der Waals surface area (Å²) in [6.45, 7) is 9.80. The Morgan fingerprint density at radius 2 is 1.89 bits per heavy atom. The van der Waals surface area contributed by atoms with Crippen LogP contribution in [0.3, 0.4) is 0 Å². The first-order chi connectivity index (χ1) is 16.9. The monoisotopic (exact) mass is 481 g/mol. The molecule has 2 aromatic rings. The second-order valence-corrected chi connectivity index (χ2v) is 10.3. The molecule has 0 saturated carbocycles. The van der Waals surface area contributed by atoms with E-state index in [2.05, 4.69) is 55.0 Å². The molecule has 2 aliphatic rings. The van der Waals surface area contributed by atoms with Gasteiger partial charge in [0.2, 0.25) is 0 Å². The number of hydrogen-bond acceptors (Lipinski definition) is 6. The van der Waals surface area contributed by atoms with Crippen LogP contribution >= 0.6 is 0 Å². The highest BCUT2D eigenvalue weighted by Gasteiger charge is 2.27. The molecule has 1 atom stereocenters. The van der Waals surface area contributed by atoms with Gasteiger partial charge in [-0.05, 0) is 43.5 Å². The van der Waals surface area contributed by atoms with Crippen molar-refractivity contribution in [2.24, 2.45) is 5.92 Å². The number of aromatic nitrogens is 1. The van der Waals surface area contributed by atoms with Gasteiger partial charge in [0.15, 0.2) is 0 Å². The molecule has 1 unspecified atom stereocenters. The summed E-state index contributed by atoms with van der Waals surface area (Å²) in [5.74, 6) is 0.815. The van der Waals surface area contributed by atoms with E-state index < -0.39 is 5.97 Å². The summed E-state index contributed by atoms with van der Waals surface area (Å²) in [5, 5.41) is 0. The van der Waals surface area contributed by atoms with Crippen LogP contribution in [0.4, 0.5) is 0 Å². The first-order valence-electron chi connectivity index (χ1n) is 12.8. The molecule has 3 heterocycles. The standard InChI is InChI=1S/C28H39N3O4/c1-20(2)23-9-7-21(8-10-23)18-30-13-11-24-27(28(33)34-4)25(16-26(32)31(24)15-14-30)35-19-22-6-5-12-29(3)17-22/h7-10,16,20,22H,5-6,11-15,17-19H2,1-4H3. The van der Waals surface area contributed by atoms with Crippen molar-refractivity contribution in [2.45, 2.75) is 52.1 Å². The first kappa shape index (κ1) is 25.5. The Morgan fingerprint density at radius 3 is 2.57 bits per heavy atom. The Morgan fingerprint density at radius 1 is 1.11 bits per heavy atom. The summed E-state index contributed by atoms with van der Waals surface area (Å²) in [7, 11) is 3.50. The van der Waals surface area contributed by atoms with Gasteiger partial charge >= 0.3 is 5.97 Å². The van der Waals surface area contributed by atoms with Crippen LogP contribution in [-0.2, 0) is 24.2 Å². The number of carbonyl (C=O) groups is 1. The topological polar surface area (TPSA) is 64.0 Å². The number of nitrogens with zero attached hydrogens (tertiary/aromatic N) is 3. The third-order valence-corrected chi connectivity index (χ3v) is 7.32. The molecule has 0 amide bonds. The number of hydrogen-bond donors (Lipinski definition) is 0. The lowest BCUT2D eigenvalue weighted by molar-refractivity contribution is 0.0590. The van der Waals surface area contributed by atoms with Gasteiger partial charge in [-0.2, -0.15) is 0 Å². The van der Waals surface area contributed by atoms with E-state index in [0.717, 1.165) is 51.3 Å². The Bertz CT molecular complexity index is 1080. The van der Waals surface area contributed by atoms with Crippen LogP contribution in [0.1, 0.15) is 59.8 Å². The van der Waals surface area contributed by atoms with E-state index in [-0.39, 0.29) is 5.56 Å². The lowest BCUT2D eigenvalue weighted by Gasteiger charge is -2.29. The molecule has 1 aromatic carbocycles. The van der Waals surface area contributed by atoms with Crippen molar-refractivity contribution in [3.05, 3.63) is 63.1 Å². The van der Waals surface area contributed by atoms with E-state index in [9.17, 15) is 9.59 Å². The molecule has 2 aliphatic heterocycles. The Hall–Kier alpha value is -2.64. The average Bonchev–Trinajstić information content (AvgIpc) is 3.06. The summed E-state index contributed by atoms with van der Waals surface area (Å²) in [6.07, 6.45) is 2.82.